The van der Waals surface area contributed by atoms with E-state index in [2.05, 4.69) is 21.1 Å². The van der Waals surface area contributed by atoms with Crippen molar-refractivity contribution < 1.29 is 9.32 Å². The Morgan fingerprint density at radius 1 is 1.67 bits per heavy atom. The molecule has 0 aliphatic carbocycles. The van der Waals surface area contributed by atoms with E-state index in [4.69, 9.17) is 4.52 Å². The van der Waals surface area contributed by atoms with Crippen molar-refractivity contribution in [1.82, 2.24) is 10.1 Å². The molecule has 0 aromatic carbocycles. The van der Waals surface area contributed by atoms with Gasteiger partial charge in [0.25, 0.3) is 5.91 Å². The van der Waals surface area contributed by atoms with Gasteiger partial charge in [0.2, 0.25) is 5.76 Å². The average molecular weight is 275 g/mol. The molecule has 1 aromatic rings. The van der Waals surface area contributed by atoms with E-state index in [0.29, 0.717) is 11.0 Å². The zero-order valence-corrected chi connectivity index (χ0v) is 11.0. The monoisotopic (exact) mass is 274 g/mol. The number of aromatic nitrogens is 1. The molecular formula is C10H15BrN2O2. The van der Waals surface area contributed by atoms with Crippen molar-refractivity contribution in [3.63, 3.8) is 0 Å². The number of amides is 1. The van der Waals surface area contributed by atoms with Crippen LogP contribution in [-0.4, -0.2) is 33.9 Å². The Morgan fingerprint density at radius 3 is 2.67 bits per heavy atom. The minimum atomic E-state index is -0.252. The van der Waals surface area contributed by atoms with E-state index in [9.17, 15) is 4.79 Å². The van der Waals surface area contributed by atoms with E-state index in [1.807, 2.05) is 13.8 Å². The molecule has 5 heteroatoms. The lowest BCUT2D eigenvalue weighted by molar-refractivity contribution is 0.0621. The van der Waals surface area contributed by atoms with Gasteiger partial charge in [-0.2, -0.15) is 0 Å². The Bertz CT molecular complexity index is 360. The van der Waals surface area contributed by atoms with Crippen molar-refractivity contribution in [3.8, 4) is 0 Å². The molecule has 0 aliphatic heterocycles. The van der Waals surface area contributed by atoms with Gasteiger partial charge in [0, 0.05) is 24.0 Å². The molecule has 4 nitrogen and oxygen atoms in total. The maximum atomic E-state index is 11.9. The number of carbonyl (C=O) groups is 1. The zero-order valence-electron chi connectivity index (χ0n) is 9.37. The normalized spacial score (nSPS) is 11.5. The summed E-state index contributed by atoms with van der Waals surface area (Å²) in [6.45, 7) is 5.74. The lowest BCUT2D eigenvalue weighted by Crippen LogP contribution is -2.46. The second kappa shape index (κ2) is 4.35. The Balaban J connectivity index is 2.86. The van der Waals surface area contributed by atoms with Gasteiger partial charge >= 0.3 is 0 Å². The van der Waals surface area contributed by atoms with Crippen LogP contribution in [0.4, 0.5) is 0 Å². The fourth-order valence-corrected chi connectivity index (χ4v) is 1.37. The van der Waals surface area contributed by atoms with Crippen LogP contribution in [-0.2, 0) is 0 Å². The lowest BCUT2D eigenvalue weighted by atomic mass is 10.1. The highest BCUT2D eigenvalue weighted by atomic mass is 79.9. The van der Waals surface area contributed by atoms with Crippen LogP contribution in [0.1, 0.15) is 30.1 Å². The first-order chi connectivity index (χ1) is 6.88. The van der Waals surface area contributed by atoms with Crippen molar-refractivity contribution in [3.05, 3.63) is 17.5 Å². The SMILES string of the molecule is Cc1cc(C(=O)N(C)C(C)(C)CBr)on1. The third kappa shape index (κ3) is 2.59. The fourth-order valence-electron chi connectivity index (χ4n) is 0.994. The summed E-state index contributed by atoms with van der Waals surface area (Å²) in [7, 11) is 1.75. The van der Waals surface area contributed by atoms with Crippen molar-refractivity contribution in [2.75, 3.05) is 12.4 Å². The second-order valence-electron chi connectivity index (χ2n) is 4.14. The number of aryl methyl sites for hydroxylation is 1. The maximum Gasteiger partial charge on any atom is 0.292 e. The van der Waals surface area contributed by atoms with Gasteiger partial charge in [-0.3, -0.25) is 4.79 Å². The molecule has 0 N–H and O–H groups in total. The quantitative estimate of drug-likeness (QED) is 0.795. The number of nitrogens with zero attached hydrogens (tertiary/aromatic N) is 2. The van der Waals surface area contributed by atoms with Gasteiger partial charge in [-0.1, -0.05) is 21.1 Å². The molecule has 15 heavy (non-hydrogen) atoms. The Labute approximate surface area is 97.7 Å². The van der Waals surface area contributed by atoms with Gasteiger partial charge in [0.1, 0.15) is 0 Å². The third-order valence-corrected chi connectivity index (χ3v) is 3.75. The van der Waals surface area contributed by atoms with Crippen LogP contribution in [0.3, 0.4) is 0 Å². The Hall–Kier alpha value is -0.840. The number of hydrogen-bond donors (Lipinski definition) is 0. The van der Waals surface area contributed by atoms with Gasteiger partial charge in [-0.25, -0.2) is 0 Å². The van der Waals surface area contributed by atoms with Crippen molar-refractivity contribution in [2.24, 2.45) is 0 Å². The van der Waals surface area contributed by atoms with Crippen molar-refractivity contribution in [1.29, 1.82) is 0 Å². The molecule has 0 spiro atoms. The molecule has 0 bridgehead atoms. The highest BCUT2D eigenvalue weighted by molar-refractivity contribution is 9.09. The van der Waals surface area contributed by atoms with Crippen molar-refractivity contribution in [2.45, 2.75) is 26.3 Å². The summed E-state index contributed by atoms with van der Waals surface area (Å²) in [5.41, 5.74) is 0.459. The molecule has 0 radical (unpaired) electrons. The largest absolute Gasteiger partial charge is 0.351 e. The van der Waals surface area contributed by atoms with Crippen LogP contribution in [0.2, 0.25) is 0 Å². The van der Waals surface area contributed by atoms with Gasteiger partial charge in [0.15, 0.2) is 0 Å². The predicted molar refractivity (Wildman–Crippen MR) is 61.2 cm³/mol. The molecule has 0 aliphatic rings. The van der Waals surface area contributed by atoms with E-state index < -0.39 is 0 Å². The van der Waals surface area contributed by atoms with Gasteiger partial charge in [-0.05, 0) is 20.8 Å². The number of alkyl halides is 1. The van der Waals surface area contributed by atoms with E-state index in [-0.39, 0.29) is 17.2 Å². The van der Waals surface area contributed by atoms with E-state index in [0.717, 1.165) is 0 Å². The van der Waals surface area contributed by atoms with Crippen LogP contribution in [0.5, 0.6) is 0 Å². The molecule has 0 atom stereocenters. The zero-order chi connectivity index (χ0) is 11.6. The van der Waals surface area contributed by atoms with Gasteiger partial charge in [0.05, 0.1) is 5.69 Å². The van der Waals surface area contributed by atoms with Crippen LogP contribution in [0, 0.1) is 6.92 Å². The molecule has 0 unspecified atom stereocenters. The molecule has 1 amide bonds. The first-order valence-corrected chi connectivity index (χ1v) is 5.78. The molecule has 1 rings (SSSR count). The van der Waals surface area contributed by atoms with E-state index in [1.165, 1.54) is 0 Å². The summed E-state index contributed by atoms with van der Waals surface area (Å²) < 4.78 is 4.93. The topological polar surface area (TPSA) is 46.3 Å². The van der Waals surface area contributed by atoms with Crippen LogP contribution in [0.25, 0.3) is 0 Å². The van der Waals surface area contributed by atoms with Crippen LogP contribution >= 0.6 is 15.9 Å². The summed E-state index contributed by atoms with van der Waals surface area (Å²) in [6, 6.07) is 1.64. The molecule has 1 heterocycles. The summed E-state index contributed by atoms with van der Waals surface area (Å²) in [6.07, 6.45) is 0. The average Bonchev–Trinajstić information content (AvgIpc) is 2.62. The summed E-state index contributed by atoms with van der Waals surface area (Å²) in [5.74, 6) is 0.129. The predicted octanol–water partition coefficient (Wildman–Crippen LogP) is 2.23. The summed E-state index contributed by atoms with van der Waals surface area (Å²) in [5, 5.41) is 4.40. The number of halogens is 1. The van der Waals surface area contributed by atoms with Crippen LogP contribution < -0.4 is 0 Å². The minimum absolute atomic E-state index is 0.153. The van der Waals surface area contributed by atoms with E-state index >= 15 is 0 Å². The molecule has 0 saturated carbocycles. The first kappa shape index (κ1) is 12.2. The molecule has 84 valence electrons. The van der Waals surface area contributed by atoms with Crippen molar-refractivity contribution >= 4 is 21.8 Å². The Kier molecular flexibility index (Phi) is 3.54. The molecule has 0 fully saturated rings. The highest BCUT2D eigenvalue weighted by Gasteiger charge is 2.29. The van der Waals surface area contributed by atoms with Gasteiger partial charge in [-0.15, -0.1) is 0 Å². The summed E-state index contributed by atoms with van der Waals surface area (Å²) >= 11 is 3.38. The summed E-state index contributed by atoms with van der Waals surface area (Å²) in [4.78, 5) is 13.6. The smallest absolute Gasteiger partial charge is 0.292 e. The third-order valence-electron chi connectivity index (χ3n) is 2.38. The maximum absolute atomic E-state index is 11.9. The van der Waals surface area contributed by atoms with Gasteiger partial charge < -0.3 is 9.42 Å². The Morgan fingerprint density at radius 2 is 2.27 bits per heavy atom. The van der Waals surface area contributed by atoms with Crippen LogP contribution in [0.15, 0.2) is 10.6 Å². The first-order valence-electron chi connectivity index (χ1n) is 4.66. The highest BCUT2D eigenvalue weighted by Crippen LogP contribution is 2.18. The molecule has 0 saturated heterocycles. The lowest BCUT2D eigenvalue weighted by Gasteiger charge is -2.33. The fraction of sp³-hybridized carbons (Fsp3) is 0.600. The number of rotatable bonds is 3. The van der Waals surface area contributed by atoms with E-state index in [1.54, 1.807) is 24.9 Å². The second-order valence-corrected chi connectivity index (χ2v) is 4.70. The number of carbonyl (C=O) groups excluding carboxylic acids is 1. The standard InChI is InChI=1S/C10H15BrN2O2/c1-7-5-8(15-12-7)9(14)13(4)10(2,3)6-11/h5H,6H2,1-4H3. The molecule has 1 aromatic heterocycles. The minimum Gasteiger partial charge on any atom is -0.351 e. The molecular weight excluding hydrogens is 260 g/mol. The number of hydrogen-bond acceptors (Lipinski definition) is 3.